The second kappa shape index (κ2) is 12.6. The molecular formula is C26H38N4O2. The molecule has 1 amide bonds. The van der Waals surface area contributed by atoms with Gasteiger partial charge in [0.25, 0.3) is 5.91 Å². The monoisotopic (exact) mass is 438 g/mol. The highest BCUT2D eigenvalue weighted by Gasteiger charge is 2.21. The average Bonchev–Trinajstić information content (AvgIpc) is 2.84. The lowest BCUT2D eigenvalue weighted by molar-refractivity contribution is 0.0746. The van der Waals surface area contributed by atoms with Gasteiger partial charge in [-0.3, -0.25) is 14.7 Å². The zero-order valence-corrected chi connectivity index (χ0v) is 19.9. The molecule has 0 spiro atoms. The topological polar surface area (TPSA) is 48.9 Å². The van der Waals surface area contributed by atoms with Crippen LogP contribution in [-0.2, 0) is 6.54 Å². The Balaban J connectivity index is 1.46. The van der Waals surface area contributed by atoms with Gasteiger partial charge in [0.15, 0.2) is 0 Å². The van der Waals surface area contributed by atoms with E-state index in [1.54, 1.807) is 0 Å². The van der Waals surface area contributed by atoms with E-state index in [0.717, 1.165) is 82.2 Å². The van der Waals surface area contributed by atoms with Crippen LogP contribution < -0.4 is 4.74 Å². The van der Waals surface area contributed by atoms with Crippen LogP contribution in [0.5, 0.6) is 5.75 Å². The summed E-state index contributed by atoms with van der Waals surface area (Å²) in [7, 11) is 0. The molecule has 174 valence electrons. The number of nitrogens with zero attached hydrogens (tertiary/aromatic N) is 4. The second-order valence-corrected chi connectivity index (χ2v) is 8.35. The Labute approximate surface area is 193 Å². The number of amides is 1. The Morgan fingerprint density at radius 1 is 1.00 bits per heavy atom. The Hall–Kier alpha value is -2.44. The van der Waals surface area contributed by atoms with Crippen LogP contribution in [0, 0.1) is 0 Å². The number of carbonyl (C=O) groups is 1. The third-order valence-electron chi connectivity index (χ3n) is 6.30. The maximum Gasteiger partial charge on any atom is 0.253 e. The fourth-order valence-corrected chi connectivity index (χ4v) is 4.16. The van der Waals surface area contributed by atoms with E-state index in [9.17, 15) is 4.79 Å². The molecule has 2 heterocycles. The highest BCUT2D eigenvalue weighted by Crippen LogP contribution is 2.21. The van der Waals surface area contributed by atoms with E-state index < -0.39 is 0 Å². The molecule has 0 bridgehead atoms. The molecule has 0 aliphatic carbocycles. The zero-order chi connectivity index (χ0) is 22.8. The van der Waals surface area contributed by atoms with E-state index in [1.165, 1.54) is 0 Å². The van der Waals surface area contributed by atoms with Crippen molar-refractivity contribution < 1.29 is 9.53 Å². The van der Waals surface area contributed by atoms with E-state index in [2.05, 4.69) is 34.7 Å². The number of hydrogen-bond donors (Lipinski definition) is 0. The van der Waals surface area contributed by atoms with Gasteiger partial charge >= 0.3 is 0 Å². The third-order valence-corrected chi connectivity index (χ3v) is 6.30. The van der Waals surface area contributed by atoms with Gasteiger partial charge in [-0.25, -0.2) is 0 Å². The predicted molar refractivity (Wildman–Crippen MR) is 129 cm³/mol. The van der Waals surface area contributed by atoms with Gasteiger partial charge in [-0.2, -0.15) is 0 Å². The Morgan fingerprint density at radius 2 is 1.72 bits per heavy atom. The molecule has 0 saturated carbocycles. The normalized spacial score (nSPS) is 15.1. The molecule has 0 unspecified atom stereocenters. The van der Waals surface area contributed by atoms with Crippen LogP contribution >= 0.6 is 0 Å². The predicted octanol–water partition coefficient (Wildman–Crippen LogP) is 3.93. The number of ether oxygens (including phenoxy) is 1. The molecule has 1 aliphatic rings. The number of aromatic nitrogens is 1. The van der Waals surface area contributed by atoms with Crippen LogP contribution in [0.2, 0.25) is 0 Å². The van der Waals surface area contributed by atoms with Crippen molar-refractivity contribution in [1.29, 1.82) is 0 Å². The van der Waals surface area contributed by atoms with Gasteiger partial charge in [0.2, 0.25) is 0 Å². The van der Waals surface area contributed by atoms with Crippen LogP contribution in [-0.4, -0.2) is 77.5 Å². The molecular weight excluding hydrogens is 400 g/mol. The Bertz CT molecular complexity index is 800. The number of piperidine rings is 1. The molecule has 0 N–H and O–H groups in total. The summed E-state index contributed by atoms with van der Waals surface area (Å²) >= 11 is 0. The summed E-state index contributed by atoms with van der Waals surface area (Å²) in [4.78, 5) is 24.0. The number of hydrogen-bond acceptors (Lipinski definition) is 5. The minimum absolute atomic E-state index is 0.0917. The van der Waals surface area contributed by atoms with E-state index >= 15 is 0 Å². The van der Waals surface area contributed by atoms with Crippen LogP contribution in [0.4, 0.5) is 0 Å². The quantitative estimate of drug-likeness (QED) is 0.532. The molecule has 3 rings (SSSR count). The molecule has 6 heteroatoms. The summed E-state index contributed by atoms with van der Waals surface area (Å²) in [5.41, 5.74) is 1.84. The molecule has 2 aromatic rings. The van der Waals surface area contributed by atoms with Gasteiger partial charge in [0.05, 0.1) is 5.69 Å². The number of carbonyl (C=O) groups excluding carboxylic acids is 1. The smallest absolute Gasteiger partial charge is 0.253 e. The molecule has 1 aromatic carbocycles. The minimum atomic E-state index is 0.0917. The number of benzene rings is 1. The van der Waals surface area contributed by atoms with Crippen molar-refractivity contribution in [3.63, 3.8) is 0 Å². The van der Waals surface area contributed by atoms with Crippen LogP contribution in [0.3, 0.4) is 0 Å². The maximum atomic E-state index is 12.9. The van der Waals surface area contributed by atoms with Gasteiger partial charge in [0, 0.05) is 51.0 Å². The summed E-state index contributed by atoms with van der Waals surface area (Å²) < 4.78 is 6.21. The second-order valence-electron chi connectivity index (χ2n) is 8.35. The van der Waals surface area contributed by atoms with Crippen molar-refractivity contribution in [3.8, 4) is 5.75 Å². The fraction of sp³-hybridized carbons (Fsp3) is 0.538. The van der Waals surface area contributed by atoms with Gasteiger partial charge < -0.3 is 14.5 Å². The van der Waals surface area contributed by atoms with Crippen molar-refractivity contribution in [1.82, 2.24) is 19.7 Å². The molecule has 0 radical (unpaired) electrons. The van der Waals surface area contributed by atoms with Crippen LogP contribution in [0.15, 0.2) is 48.7 Å². The molecule has 1 aromatic heterocycles. The van der Waals surface area contributed by atoms with Crippen LogP contribution in [0.1, 0.15) is 49.7 Å². The largest absolute Gasteiger partial charge is 0.490 e. The lowest BCUT2D eigenvalue weighted by atomic mass is 10.1. The highest BCUT2D eigenvalue weighted by atomic mass is 16.5. The number of rotatable bonds is 11. The van der Waals surface area contributed by atoms with Crippen molar-refractivity contribution in [2.24, 2.45) is 0 Å². The zero-order valence-electron chi connectivity index (χ0n) is 19.9. The summed E-state index contributed by atoms with van der Waals surface area (Å²) in [6.45, 7) is 13.7. The number of likely N-dealkylation sites (tertiary alicyclic amines) is 1. The molecule has 32 heavy (non-hydrogen) atoms. The molecule has 0 atom stereocenters. The van der Waals surface area contributed by atoms with E-state index in [4.69, 9.17) is 4.74 Å². The van der Waals surface area contributed by atoms with E-state index in [0.29, 0.717) is 0 Å². The average molecular weight is 439 g/mol. The standard InChI is InChI=1S/C26H38N4O2/c1-4-28(5-2)19-20-30(6-3)26(31)22-10-12-24(13-11-22)32-25-14-17-29(18-15-25)21-23-9-7-8-16-27-23/h7-13,16,25H,4-6,14-15,17-21H2,1-3H3. The number of likely N-dealkylation sites (N-methyl/N-ethyl adjacent to an activating group) is 2. The van der Waals surface area contributed by atoms with Crippen molar-refractivity contribution in [2.45, 2.75) is 46.3 Å². The Morgan fingerprint density at radius 3 is 2.31 bits per heavy atom. The maximum absolute atomic E-state index is 12.9. The minimum Gasteiger partial charge on any atom is -0.490 e. The van der Waals surface area contributed by atoms with Gasteiger partial charge in [-0.05, 0) is 69.3 Å². The number of pyridine rings is 1. The van der Waals surface area contributed by atoms with Crippen molar-refractivity contribution >= 4 is 5.91 Å². The first-order chi connectivity index (χ1) is 15.6. The summed E-state index contributed by atoms with van der Waals surface area (Å²) in [6.07, 6.45) is 4.08. The lowest BCUT2D eigenvalue weighted by Crippen LogP contribution is -2.38. The fourth-order valence-electron chi connectivity index (χ4n) is 4.16. The molecule has 1 aliphatic heterocycles. The van der Waals surface area contributed by atoms with Gasteiger partial charge in [-0.15, -0.1) is 0 Å². The van der Waals surface area contributed by atoms with Gasteiger partial charge in [-0.1, -0.05) is 19.9 Å². The third kappa shape index (κ3) is 7.04. The SMILES string of the molecule is CCN(CC)CCN(CC)C(=O)c1ccc(OC2CCN(Cc3ccccn3)CC2)cc1. The first-order valence-corrected chi connectivity index (χ1v) is 12.0. The van der Waals surface area contributed by atoms with Crippen LogP contribution in [0.25, 0.3) is 0 Å². The van der Waals surface area contributed by atoms with Crippen molar-refractivity contribution in [3.05, 3.63) is 59.9 Å². The molecule has 1 fully saturated rings. The van der Waals surface area contributed by atoms with E-state index in [-0.39, 0.29) is 12.0 Å². The van der Waals surface area contributed by atoms with Gasteiger partial charge in [0.1, 0.15) is 11.9 Å². The lowest BCUT2D eigenvalue weighted by Gasteiger charge is -2.32. The van der Waals surface area contributed by atoms with Crippen molar-refractivity contribution in [2.75, 3.05) is 45.8 Å². The molecule has 1 saturated heterocycles. The highest BCUT2D eigenvalue weighted by molar-refractivity contribution is 5.94. The summed E-state index contributed by atoms with van der Waals surface area (Å²) in [5.74, 6) is 0.935. The van der Waals surface area contributed by atoms with E-state index in [1.807, 2.05) is 54.4 Å². The summed E-state index contributed by atoms with van der Waals surface area (Å²) in [6, 6.07) is 13.7. The Kier molecular flexibility index (Phi) is 9.50. The first-order valence-electron chi connectivity index (χ1n) is 12.0. The molecule has 6 nitrogen and oxygen atoms in total. The summed E-state index contributed by atoms with van der Waals surface area (Å²) in [5, 5.41) is 0. The first kappa shape index (κ1) is 24.2.